The van der Waals surface area contributed by atoms with E-state index in [1.807, 2.05) is 37.3 Å². The molecule has 1 aromatic heterocycles. The van der Waals surface area contributed by atoms with Crippen LogP contribution in [0.1, 0.15) is 23.1 Å². The summed E-state index contributed by atoms with van der Waals surface area (Å²) in [5.41, 5.74) is 4.01. The van der Waals surface area contributed by atoms with Crippen molar-refractivity contribution >= 4 is 33.1 Å². The number of benzene rings is 2. The molecule has 1 saturated heterocycles. The molecule has 6 nitrogen and oxygen atoms in total. The molecule has 0 N–H and O–H groups in total. The van der Waals surface area contributed by atoms with E-state index in [0.717, 1.165) is 22.4 Å². The Morgan fingerprint density at radius 2 is 1.74 bits per heavy atom. The van der Waals surface area contributed by atoms with Crippen molar-refractivity contribution in [3.8, 4) is 0 Å². The van der Waals surface area contributed by atoms with Crippen molar-refractivity contribution in [1.29, 1.82) is 0 Å². The molecule has 3 aromatic rings. The zero-order valence-corrected chi connectivity index (χ0v) is 20.7. The first-order valence-electron chi connectivity index (χ1n) is 11.3. The van der Waals surface area contributed by atoms with Gasteiger partial charge in [0.15, 0.2) is 0 Å². The Labute approximate surface area is 206 Å². The molecule has 2 heterocycles. The van der Waals surface area contributed by atoms with Crippen LogP contribution in [-0.2, 0) is 27.7 Å². The molecular formula is C26H28ClN3O3S. The SMILES string of the molecule is Cc1ccc(Cl)cc1N1CCN(S(=O)(=O)c2ccc(CC(=O)CCc3cccnc3)cc2)CC1. The van der Waals surface area contributed by atoms with Crippen LogP contribution in [-0.4, -0.2) is 49.7 Å². The van der Waals surface area contributed by atoms with Crippen LogP contribution in [0.2, 0.25) is 5.02 Å². The van der Waals surface area contributed by atoms with Crippen LogP contribution >= 0.6 is 11.6 Å². The topological polar surface area (TPSA) is 70.6 Å². The second kappa shape index (κ2) is 10.7. The van der Waals surface area contributed by atoms with Crippen molar-refractivity contribution < 1.29 is 13.2 Å². The molecule has 178 valence electrons. The molecular weight excluding hydrogens is 470 g/mol. The fourth-order valence-electron chi connectivity index (χ4n) is 4.17. The smallest absolute Gasteiger partial charge is 0.243 e. The number of hydrogen-bond donors (Lipinski definition) is 0. The van der Waals surface area contributed by atoms with E-state index < -0.39 is 10.0 Å². The maximum Gasteiger partial charge on any atom is 0.243 e. The summed E-state index contributed by atoms with van der Waals surface area (Å²) in [6.07, 6.45) is 4.85. The Balaban J connectivity index is 1.34. The van der Waals surface area contributed by atoms with Gasteiger partial charge in [-0.3, -0.25) is 9.78 Å². The lowest BCUT2D eigenvalue weighted by molar-refractivity contribution is -0.118. The van der Waals surface area contributed by atoms with Gasteiger partial charge in [0.05, 0.1) is 4.90 Å². The molecule has 0 amide bonds. The van der Waals surface area contributed by atoms with E-state index in [4.69, 9.17) is 11.6 Å². The van der Waals surface area contributed by atoms with Crippen molar-refractivity contribution in [1.82, 2.24) is 9.29 Å². The Kier molecular flexibility index (Phi) is 7.66. The van der Waals surface area contributed by atoms with Gasteiger partial charge < -0.3 is 4.90 Å². The molecule has 0 saturated carbocycles. The quantitative estimate of drug-likeness (QED) is 0.464. The minimum atomic E-state index is -3.59. The number of nitrogens with zero attached hydrogens (tertiary/aromatic N) is 3. The van der Waals surface area contributed by atoms with Crippen LogP contribution in [0.4, 0.5) is 5.69 Å². The van der Waals surface area contributed by atoms with E-state index in [0.29, 0.717) is 44.0 Å². The van der Waals surface area contributed by atoms with Crippen LogP contribution in [0, 0.1) is 6.92 Å². The number of halogens is 1. The highest BCUT2D eigenvalue weighted by molar-refractivity contribution is 7.89. The number of hydrogen-bond acceptors (Lipinski definition) is 5. The highest BCUT2D eigenvalue weighted by Gasteiger charge is 2.29. The summed E-state index contributed by atoms with van der Waals surface area (Å²) in [4.78, 5) is 18.8. The number of carbonyl (C=O) groups is 1. The standard InChI is InChI=1S/C26H28ClN3O3S/c1-20-4-8-23(27)18-26(20)29-13-15-30(16-14-29)34(32,33)25-10-6-21(7-11-25)17-24(31)9-5-22-3-2-12-28-19-22/h2-4,6-8,10-12,18-19H,5,9,13-17H2,1H3. The second-order valence-corrected chi connectivity index (χ2v) is 10.9. The molecule has 8 heteroatoms. The van der Waals surface area contributed by atoms with Crippen molar-refractivity contribution in [2.75, 3.05) is 31.1 Å². The molecule has 1 fully saturated rings. The Hall–Kier alpha value is -2.74. The number of piperazine rings is 1. The minimum Gasteiger partial charge on any atom is -0.369 e. The molecule has 2 aromatic carbocycles. The number of aryl methyl sites for hydroxylation is 2. The second-order valence-electron chi connectivity index (χ2n) is 8.54. The summed E-state index contributed by atoms with van der Waals surface area (Å²) in [5.74, 6) is 0.117. The zero-order chi connectivity index (χ0) is 24.1. The molecule has 1 aliphatic rings. The van der Waals surface area contributed by atoms with E-state index in [2.05, 4.69) is 9.88 Å². The first-order chi connectivity index (χ1) is 16.3. The monoisotopic (exact) mass is 497 g/mol. The number of pyridine rings is 1. The van der Waals surface area contributed by atoms with Crippen molar-refractivity contribution in [2.24, 2.45) is 0 Å². The number of sulfonamides is 1. The summed E-state index contributed by atoms with van der Waals surface area (Å²) in [6.45, 7) is 4.04. The van der Waals surface area contributed by atoms with Gasteiger partial charge in [-0.2, -0.15) is 4.31 Å². The molecule has 0 aliphatic carbocycles. The number of anilines is 1. The van der Waals surface area contributed by atoms with Crippen LogP contribution in [0.25, 0.3) is 0 Å². The van der Waals surface area contributed by atoms with Gasteiger partial charge in [0, 0.05) is 62.1 Å². The average Bonchev–Trinajstić information content (AvgIpc) is 2.85. The lowest BCUT2D eigenvalue weighted by atomic mass is 10.0. The van der Waals surface area contributed by atoms with Gasteiger partial charge in [0.25, 0.3) is 0 Å². The van der Waals surface area contributed by atoms with Crippen LogP contribution < -0.4 is 4.90 Å². The lowest BCUT2D eigenvalue weighted by Gasteiger charge is -2.36. The highest BCUT2D eigenvalue weighted by atomic mass is 35.5. The summed E-state index contributed by atoms with van der Waals surface area (Å²) >= 11 is 6.15. The Morgan fingerprint density at radius 3 is 2.41 bits per heavy atom. The lowest BCUT2D eigenvalue weighted by Crippen LogP contribution is -2.48. The third-order valence-electron chi connectivity index (χ3n) is 6.13. The predicted octanol–water partition coefficient (Wildman–Crippen LogP) is 4.30. The number of ketones is 1. The summed E-state index contributed by atoms with van der Waals surface area (Å²) in [5, 5.41) is 0.672. The van der Waals surface area contributed by atoms with E-state index in [1.54, 1.807) is 36.7 Å². The highest BCUT2D eigenvalue weighted by Crippen LogP contribution is 2.27. The molecule has 4 rings (SSSR count). The Morgan fingerprint density at radius 1 is 1.00 bits per heavy atom. The first kappa shape index (κ1) is 24.4. The third kappa shape index (κ3) is 5.84. The van der Waals surface area contributed by atoms with Gasteiger partial charge in [-0.05, 0) is 60.4 Å². The fraction of sp³-hybridized carbons (Fsp3) is 0.308. The van der Waals surface area contributed by atoms with E-state index in [1.165, 1.54) is 4.31 Å². The summed E-state index contributed by atoms with van der Waals surface area (Å²) < 4.78 is 27.8. The molecule has 0 bridgehead atoms. The molecule has 1 aliphatic heterocycles. The molecule has 0 radical (unpaired) electrons. The van der Waals surface area contributed by atoms with Gasteiger partial charge in [0.2, 0.25) is 10.0 Å². The number of Topliss-reactive ketones (excluding diaryl/α,β-unsaturated/α-hetero) is 1. The van der Waals surface area contributed by atoms with E-state index >= 15 is 0 Å². The fourth-order valence-corrected chi connectivity index (χ4v) is 5.76. The van der Waals surface area contributed by atoms with E-state index in [9.17, 15) is 13.2 Å². The maximum atomic E-state index is 13.2. The van der Waals surface area contributed by atoms with E-state index in [-0.39, 0.29) is 17.1 Å². The molecule has 0 spiro atoms. The number of aromatic nitrogens is 1. The van der Waals surface area contributed by atoms with Gasteiger partial charge >= 0.3 is 0 Å². The van der Waals surface area contributed by atoms with Crippen LogP contribution in [0.3, 0.4) is 0 Å². The third-order valence-corrected chi connectivity index (χ3v) is 8.28. The molecule has 34 heavy (non-hydrogen) atoms. The van der Waals surface area contributed by atoms with Gasteiger partial charge in [-0.25, -0.2) is 8.42 Å². The zero-order valence-electron chi connectivity index (χ0n) is 19.2. The van der Waals surface area contributed by atoms with Gasteiger partial charge in [0.1, 0.15) is 5.78 Å². The van der Waals surface area contributed by atoms with Crippen LogP contribution in [0.15, 0.2) is 71.9 Å². The summed E-state index contributed by atoms with van der Waals surface area (Å²) in [7, 11) is -3.59. The normalized spacial score (nSPS) is 14.8. The average molecular weight is 498 g/mol. The molecule has 0 unspecified atom stereocenters. The minimum absolute atomic E-state index is 0.117. The molecule has 0 atom stereocenters. The van der Waals surface area contributed by atoms with Crippen molar-refractivity contribution in [3.05, 3.63) is 88.7 Å². The van der Waals surface area contributed by atoms with Crippen molar-refractivity contribution in [2.45, 2.75) is 31.1 Å². The van der Waals surface area contributed by atoms with Crippen LogP contribution in [0.5, 0.6) is 0 Å². The van der Waals surface area contributed by atoms with Crippen molar-refractivity contribution in [3.63, 3.8) is 0 Å². The Bertz CT molecular complexity index is 1240. The summed E-state index contributed by atoms with van der Waals surface area (Å²) in [6, 6.07) is 16.3. The predicted molar refractivity (Wildman–Crippen MR) is 135 cm³/mol. The first-order valence-corrected chi connectivity index (χ1v) is 13.2. The maximum absolute atomic E-state index is 13.2. The van der Waals surface area contributed by atoms with Gasteiger partial charge in [-0.1, -0.05) is 35.9 Å². The largest absolute Gasteiger partial charge is 0.369 e. The van der Waals surface area contributed by atoms with Gasteiger partial charge in [-0.15, -0.1) is 0 Å². The number of carbonyl (C=O) groups excluding carboxylic acids is 1. The number of rotatable bonds is 8.